The van der Waals surface area contributed by atoms with E-state index in [0.29, 0.717) is 32.7 Å². The van der Waals surface area contributed by atoms with Crippen LogP contribution in [0.2, 0.25) is 0 Å². The van der Waals surface area contributed by atoms with Crippen LogP contribution >= 0.6 is 28.4 Å². The number of aromatic amines is 1. The number of nitrogens with one attached hydrogen (secondary N) is 3. The smallest absolute Gasteiger partial charge is 0.407 e. The van der Waals surface area contributed by atoms with E-state index in [9.17, 15) is 9.59 Å². The summed E-state index contributed by atoms with van der Waals surface area (Å²) in [4.78, 5) is 23.3. The zero-order valence-electron chi connectivity index (χ0n) is 19.5. The van der Waals surface area contributed by atoms with Gasteiger partial charge in [-0.15, -0.1) is 0 Å². The SMILES string of the molecule is CC(C)(C)OC(=O)NCCCCOCCNc1cc(-c2cn[nH]c(=O)c2)cc2c1cnn2PI. The number of ether oxygens (including phenoxy) is 2. The zero-order chi connectivity index (χ0) is 24.6. The predicted octanol–water partition coefficient (Wildman–Crippen LogP) is 4.31. The lowest BCUT2D eigenvalue weighted by atomic mass is 10.1. The molecule has 3 N–H and O–H groups in total. The molecule has 0 aliphatic heterocycles. The molecule has 0 fully saturated rings. The standard InChI is InChI=1S/C22H30IN6O4P/c1-22(2,3)33-21(31)25-6-4-5-8-32-9-7-24-18-10-15(16-12-20(30)28-26-13-16)11-19-17(18)14-27-29(19)34-23/h10-14,24,34H,4-9H2,1-3H3,(H,25,31)(H,28,30). The Bertz CT molecular complexity index is 1160. The van der Waals surface area contributed by atoms with Gasteiger partial charge in [-0.05, 0) is 73.3 Å². The second kappa shape index (κ2) is 12.5. The maximum atomic E-state index is 11.7. The van der Waals surface area contributed by atoms with Crippen molar-refractivity contribution >= 4 is 51.1 Å². The summed E-state index contributed by atoms with van der Waals surface area (Å²) in [6.07, 6.45) is 5.21. The van der Waals surface area contributed by atoms with E-state index >= 15 is 0 Å². The molecule has 34 heavy (non-hydrogen) atoms. The van der Waals surface area contributed by atoms with Crippen molar-refractivity contribution in [2.75, 3.05) is 31.6 Å². The molecule has 0 bridgehead atoms. The molecule has 2 aromatic heterocycles. The maximum absolute atomic E-state index is 11.7. The second-order valence-electron chi connectivity index (χ2n) is 8.61. The first-order valence-corrected chi connectivity index (χ1v) is 15.0. The molecule has 0 saturated carbocycles. The number of anilines is 1. The predicted molar refractivity (Wildman–Crippen MR) is 144 cm³/mol. The molecule has 2 heterocycles. The van der Waals surface area contributed by atoms with E-state index in [-0.39, 0.29) is 5.56 Å². The van der Waals surface area contributed by atoms with Gasteiger partial charge in [-0.1, -0.05) is 0 Å². The Morgan fingerprint density at radius 2 is 1.97 bits per heavy atom. The van der Waals surface area contributed by atoms with Crippen LogP contribution in [0.1, 0.15) is 33.6 Å². The third-order valence-electron chi connectivity index (χ3n) is 4.71. The third kappa shape index (κ3) is 7.92. The fourth-order valence-electron chi connectivity index (χ4n) is 3.23. The lowest BCUT2D eigenvalue weighted by Crippen LogP contribution is -2.33. The fraction of sp³-hybridized carbons (Fsp3) is 0.455. The maximum Gasteiger partial charge on any atom is 0.407 e. The molecule has 1 atom stereocenters. The summed E-state index contributed by atoms with van der Waals surface area (Å²) in [5, 5.41) is 18.0. The lowest BCUT2D eigenvalue weighted by Gasteiger charge is -2.19. The molecule has 1 amide bonds. The van der Waals surface area contributed by atoms with Crippen LogP contribution in [0.4, 0.5) is 10.5 Å². The van der Waals surface area contributed by atoms with Crippen LogP contribution in [0.25, 0.3) is 22.0 Å². The summed E-state index contributed by atoms with van der Waals surface area (Å²) in [5.41, 5.74) is 2.82. The van der Waals surface area contributed by atoms with Crippen molar-refractivity contribution in [3.63, 3.8) is 0 Å². The number of carbonyl (C=O) groups excluding carboxylic acids is 1. The van der Waals surface area contributed by atoms with Crippen molar-refractivity contribution in [3.05, 3.63) is 40.9 Å². The molecule has 0 aliphatic rings. The van der Waals surface area contributed by atoms with Gasteiger partial charge in [0, 0.05) is 42.4 Å². The summed E-state index contributed by atoms with van der Waals surface area (Å²) in [6, 6.07) is 5.56. The number of unbranched alkanes of at least 4 members (excludes halogenated alkanes) is 1. The number of alkyl carbamates (subject to hydrolysis) is 1. The summed E-state index contributed by atoms with van der Waals surface area (Å²) in [7, 11) is 0. The van der Waals surface area contributed by atoms with E-state index in [1.165, 1.54) is 6.07 Å². The Kier molecular flexibility index (Phi) is 9.66. The molecule has 184 valence electrons. The van der Waals surface area contributed by atoms with E-state index in [1.54, 1.807) is 6.20 Å². The summed E-state index contributed by atoms with van der Waals surface area (Å²) in [6.45, 7) is 7.85. The van der Waals surface area contributed by atoms with Crippen LogP contribution in [-0.2, 0) is 9.47 Å². The number of fused-ring (bicyclic) bond motifs is 1. The van der Waals surface area contributed by atoms with Gasteiger partial charge in [-0.3, -0.25) is 4.79 Å². The molecule has 0 aliphatic carbocycles. The average Bonchev–Trinajstić information content (AvgIpc) is 3.20. The van der Waals surface area contributed by atoms with E-state index in [2.05, 4.69) is 48.0 Å². The van der Waals surface area contributed by atoms with Gasteiger partial charge < -0.3 is 20.1 Å². The Hall–Kier alpha value is -2.24. The quantitative estimate of drug-likeness (QED) is 0.170. The highest BCUT2D eigenvalue weighted by Gasteiger charge is 2.15. The van der Waals surface area contributed by atoms with Crippen LogP contribution in [0, 0.1) is 0 Å². The molecule has 0 spiro atoms. The number of carbonyl (C=O) groups is 1. The number of benzene rings is 1. The second-order valence-corrected chi connectivity index (χ2v) is 10.6. The van der Waals surface area contributed by atoms with Gasteiger partial charge in [-0.2, -0.15) is 10.2 Å². The first-order chi connectivity index (χ1) is 16.3. The van der Waals surface area contributed by atoms with Gasteiger partial charge in [-0.25, -0.2) is 14.3 Å². The van der Waals surface area contributed by atoms with Crippen LogP contribution < -0.4 is 16.2 Å². The number of halogens is 1. The van der Waals surface area contributed by atoms with Crippen LogP contribution in [-0.4, -0.2) is 57.7 Å². The number of hydrogen-bond donors (Lipinski definition) is 3. The molecule has 3 aromatic rings. The fourth-order valence-corrected chi connectivity index (χ4v) is 4.77. The third-order valence-corrected chi connectivity index (χ3v) is 6.60. The number of amides is 1. The van der Waals surface area contributed by atoms with Crippen molar-refractivity contribution < 1.29 is 14.3 Å². The van der Waals surface area contributed by atoms with Crippen molar-refractivity contribution in [2.24, 2.45) is 0 Å². The largest absolute Gasteiger partial charge is 0.444 e. The van der Waals surface area contributed by atoms with E-state index in [4.69, 9.17) is 9.47 Å². The van der Waals surface area contributed by atoms with Crippen LogP contribution in [0.5, 0.6) is 0 Å². The number of aromatic nitrogens is 4. The van der Waals surface area contributed by atoms with Crippen LogP contribution in [0.3, 0.4) is 0 Å². The molecule has 3 rings (SSSR count). The minimum Gasteiger partial charge on any atom is -0.444 e. The molecular weight excluding hydrogens is 570 g/mol. The first-order valence-electron chi connectivity index (χ1n) is 11.0. The van der Waals surface area contributed by atoms with Gasteiger partial charge in [0.2, 0.25) is 0 Å². The van der Waals surface area contributed by atoms with Crippen molar-refractivity contribution in [1.29, 1.82) is 0 Å². The highest BCUT2D eigenvalue weighted by molar-refractivity contribution is 14.2. The van der Waals surface area contributed by atoms with Gasteiger partial charge >= 0.3 is 6.09 Å². The minimum atomic E-state index is -0.490. The Morgan fingerprint density at radius 3 is 2.71 bits per heavy atom. The molecule has 1 aromatic carbocycles. The number of rotatable bonds is 11. The molecule has 12 heteroatoms. The molecule has 0 radical (unpaired) electrons. The van der Waals surface area contributed by atoms with Gasteiger partial charge in [0.15, 0.2) is 0 Å². The number of H-pyrrole nitrogens is 1. The lowest BCUT2D eigenvalue weighted by molar-refractivity contribution is 0.0524. The van der Waals surface area contributed by atoms with E-state index in [0.717, 1.165) is 40.6 Å². The van der Waals surface area contributed by atoms with Crippen molar-refractivity contribution in [2.45, 2.75) is 39.2 Å². The topological polar surface area (TPSA) is 123 Å². The molecular formula is C22H30IN6O4P. The van der Waals surface area contributed by atoms with E-state index in [1.807, 2.05) is 43.6 Å². The summed E-state index contributed by atoms with van der Waals surface area (Å²) < 4.78 is 12.9. The Morgan fingerprint density at radius 1 is 1.15 bits per heavy atom. The molecule has 10 nitrogen and oxygen atoms in total. The first kappa shape index (κ1) is 26.4. The normalized spacial score (nSPS) is 11.9. The Labute approximate surface area is 212 Å². The van der Waals surface area contributed by atoms with E-state index < -0.39 is 11.7 Å². The highest BCUT2D eigenvalue weighted by Crippen LogP contribution is 2.35. The molecule has 0 saturated heterocycles. The van der Waals surface area contributed by atoms with Gasteiger partial charge in [0.05, 0.1) is 30.9 Å². The highest BCUT2D eigenvalue weighted by atomic mass is 127. The number of nitrogens with zero attached hydrogens (tertiary/aromatic N) is 3. The van der Waals surface area contributed by atoms with Gasteiger partial charge in [0.1, 0.15) is 5.60 Å². The van der Waals surface area contributed by atoms with Crippen LogP contribution in [0.15, 0.2) is 35.4 Å². The Balaban J connectivity index is 1.48. The summed E-state index contributed by atoms with van der Waals surface area (Å²) in [5.74, 6) is 0. The zero-order valence-corrected chi connectivity index (χ0v) is 22.6. The minimum absolute atomic E-state index is 0.244. The molecule has 1 unspecified atom stereocenters. The summed E-state index contributed by atoms with van der Waals surface area (Å²) >= 11 is 2.29. The number of hydrogen-bond acceptors (Lipinski definition) is 7. The van der Waals surface area contributed by atoms with Crippen molar-refractivity contribution in [1.82, 2.24) is 25.1 Å². The average molecular weight is 600 g/mol. The monoisotopic (exact) mass is 600 g/mol. The van der Waals surface area contributed by atoms with Gasteiger partial charge in [0.25, 0.3) is 5.56 Å². The van der Waals surface area contributed by atoms with Crippen molar-refractivity contribution in [3.8, 4) is 11.1 Å².